The van der Waals surface area contributed by atoms with Crippen LogP contribution in [0.1, 0.15) is 10.4 Å². The van der Waals surface area contributed by atoms with Crippen LogP contribution in [0.15, 0.2) is 22.7 Å². The highest BCUT2D eigenvalue weighted by Crippen LogP contribution is 2.21. The van der Waals surface area contributed by atoms with Crippen molar-refractivity contribution in [1.29, 1.82) is 0 Å². The van der Waals surface area contributed by atoms with Crippen LogP contribution in [0, 0.1) is 0 Å². The Bertz CT molecular complexity index is 521. The van der Waals surface area contributed by atoms with Crippen molar-refractivity contribution in [3.8, 4) is 0 Å². The van der Waals surface area contributed by atoms with E-state index in [0.29, 0.717) is 24.4 Å². The van der Waals surface area contributed by atoms with Crippen molar-refractivity contribution in [2.45, 2.75) is 6.04 Å². The lowest BCUT2D eigenvalue weighted by atomic mass is 10.1. The van der Waals surface area contributed by atoms with Crippen LogP contribution in [0.2, 0.25) is 0 Å². The largest absolute Gasteiger partial charge is 0.398 e. The van der Waals surface area contributed by atoms with Crippen molar-refractivity contribution in [1.82, 2.24) is 4.90 Å². The van der Waals surface area contributed by atoms with E-state index >= 15 is 0 Å². The van der Waals surface area contributed by atoms with E-state index in [-0.39, 0.29) is 12.5 Å². The number of hydrogen-bond acceptors (Lipinski definition) is 4. The average molecular weight is 328 g/mol. The smallest absolute Gasteiger partial charge is 0.256 e. The van der Waals surface area contributed by atoms with Gasteiger partial charge in [0.05, 0.1) is 18.8 Å². The van der Waals surface area contributed by atoms with E-state index in [9.17, 15) is 9.59 Å². The van der Waals surface area contributed by atoms with Crippen LogP contribution in [0.3, 0.4) is 0 Å². The minimum absolute atomic E-state index is 0.123. The topological polar surface area (TPSA) is 98.7 Å². The van der Waals surface area contributed by atoms with Crippen LogP contribution < -0.4 is 11.5 Å². The van der Waals surface area contributed by atoms with Gasteiger partial charge in [0, 0.05) is 16.7 Å². The normalized spacial score (nSPS) is 19.2. The van der Waals surface area contributed by atoms with Crippen LogP contribution >= 0.6 is 15.9 Å². The number of nitrogens with two attached hydrogens (primary N) is 2. The van der Waals surface area contributed by atoms with Crippen LogP contribution in [0.5, 0.6) is 0 Å². The van der Waals surface area contributed by atoms with Gasteiger partial charge in [0.1, 0.15) is 6.04 Å². The maximum atomic E-state index is 12.4. The summed E-state index contributed by atoms with van der Waals surface area (Å²) in [6.45, 7) is 0.825. The van der Waals surface area contributed by atoms with Gasteiger partial charge in [-0.25, -0.2) is 0 Å². The Morgan fingerprint density at radius 1 is 1.42 bits per heavy atom. The number of carbonyl (C=O) groups excluding carboxylic acids is 2. The zero-order valence-electron chi connectivity index (χ0n) is 10.1. The number of carbonyl (C=O) groups is 2. The molecule has 0 radical (unpaired) electrons. The predicted molar refractivity (Wildman–Crippen MR) is 73.4 cm³/mol. The number of halogens is 1. The molecule has 2 rings (SSSR count). The molecule has 1 atom stereocenters. The molecule has 2 amide bonds. The highest BCUT2D eigenvalue weighted by atomic mass is 79.9. The second-order valence-corrected chi connectivity index (χ2v) is 5.14. The van der Waals surface area contributed by atoms with E-state index in [1.807, 2.05) is 0 Å². The lowest BCUT2D eigenvalue weighted by molar-refractivity contribution is -0.127. The summed E-state index contributed by atoms with van der Waals surface area (Å²) in [6, 6.07) is 4.25. The van der Waals surface area contributed by atoms with Gasteiger partial charge in [-0.1, -0.05) is 15.9 Å². The number of anilines is 1. The maximum absolute atomic E-state index is 12.4. The molecule has 7 heteroatoms. The Morgan fingerprint density at radius 2 is 2.16 bits per heavy atom. The van der Waals surface area contributed by atoms with Gasteiger partial charge in [-0.3, -0.25) is 9.59 Å². The number of morpholine rings is 1. The van der Waals surface area contributed by atoms with Crippen molar-refractivity contribution >= 4 is 33.4 Å². The van der Waals surface area contributed by atoms with E-state index in [1.54, 1.807) is 18.2 Å². The summed E-state index contributed by atoms with van der Waals surface area (Å²) in [5.41, 5.74) is 11.8. The minimum Gasteiger partial charge on any atom is -0.398 e. The molecule has 1 aromatic rings. The zero-order valence-corrected chi connectivity index (χ0v) is 11.7. The standard InChI is InChI=1S/C12H14BrN3O3/c13-7-1-2-8(9(14)5-7)12(18)16-3-4-19-6-10(16)11(15)17/h1-2,5,10H,3-4,6,14H2,(H2,15,17). The van der Waals surface area contributed by atoms with Gasteiger partial charge < -0.3 is 21.1 Å². The predicted octanol–water partition coefficient (Wildman–Crippen LogP) is 0.358. The van der Waals surface area contributed by atoms with Gasteiger partial charge in [0.2, 0.25) is 5.91 Å². The number of hydrogen-bond donors (Lipinski definition) is 2. The highest BCUT2D eigenvalue weighted by molar-refractivity contribution is 9.10. The summed E-state index contributed by atoms with van der Waals surface area (Å²) in [5, 5.41) is 0. The number of rotatable bonds is 2. The molecule has 0 aromatic heterocycles. The van der Waals surface area contributed by atoms with Gasteiger partial charge in [-0.05, 0) is 18.2 Å². The van der Waals surface area contributed by atoms with Gasteiger partial charge in [-0.15, -0.1) is 0 Å². The molecule has 1 aliphatic rings. The molecular formula is C12H14BrN3O3. The molecule has 0 bridgehead atoms. The fourth-order valence-electron chi connectivity index (χ4n) is 1.97. The van der Waals surface area contributed by atoms with Crippen molar-refractivity contribution < 1.29 is 14.3 Å². The number of nitrogens with zero attached hydrogens (tertiary/aromatic N) is 1. The Balaban J connectivity index is 2.28. The fraction of sp³-hybridized carbons (Fsp3) is 0.333. The van der Waals surface area contributed by atoms with Crippen molar-refractivity contribution in [3.05, 3.63) is 28.2 Å². The van der Waals surface area contributed by atoms with E-state index in [1.165, 1.54) is 4.90 Å². The van der Waals surface area contributed by atoms with Crippen molar-refractivity contribution in [2.24, 2.45) is 5.73 Å². The first kappa shape index (κ1) is 13.8. The third kappa shape index (κ3) is 2.87. The Hall–Kier alpha value is -1.60. The molecule has 1 aromatic carbocycles. The quantitative estimate of drug-likeness (QED) is 0.766. The maximum Gasteiger partial charge on any atom is 0.256 e. The summed E-state index contributed by atoms with van der Waals surface area (Å²) in [4.78, 5) is 25.2. The molecule has 102 valence electrons. The van der Waals surface area contributed by atoms with Crippen molar-refractivity contribution in [2.75, 3.05) is 25.5 Å². The van der Waals surface area contributed by atoms with E-state index in [2.05, 4.69) is 15.9 Å². The van der Waals surface area contributed by atoms with Gasteiger partial charge in [0.25, 0.3) is 5.91 Å². The lowest BCUT2D eigenvalue weighted by Gasteiger charge is -2.33. The zero-order chi connectivity index (χ0) is 14.0. The molecule has 0 saturated carbocycles. The molecule has 19 heavy (non-hydrogen) atoms. The van der Waals surface area contributed by atoms with E-state index in [4.69, 9.17) is 16.2 Å². The summed E-state index contributed by atoms with van der Waals surface area (Å²) < 4.78 is 5.96. The Labute approximate surface area is 118 Å². The summed E-state index contributed by atoms with van der Waals surface area (Å²) in [5.74, 6) is -0.888. The van der Waals surface area contributed by atoms with Gasteiger partial charge in [-0.2, -0.15) is 0 Å². The van der Waals surface area contributed by atoms with Crippen molar-refractivity contribution in [3.63, 3.8) is 0 Å². The molecule has 1 unspecified atom stereocenters. The Morgan fingerprint density at radius 3 is 2.79 bits per heavy atom. The third-order valence-electron chi connectivity index (χ3n) is 2.96. The molecule has 0 aliphatic carbocycles. The van der Waals surface area contributed by atoms with Crippen LogP contribution in [0.4, 0.5) is 5.69 Å². The minimum atomic E-state index is -0.746. The summed E-state index contributed by atoms with van der Waals surface area (Å²) in [7, 11) is 0. The third-order valence-corrected chi connectivity index (χ3v) is 3.46. The molecular weight excluding hydrogens is 314 g/mol. The van der Waals surface area contributed by atoms with Crippen LogP contribution in [0.25, 0.3) is 0 Å². The van der Waals surface area contributed by atoms with Crippen LogP contribution in [-0.2, 0) is 9.53 Å². The lowest BCUT2D eigenvalue weighted by Crippen LogP contribution is -2.54. The molecule has 6 nitrogen and oxygen atoms in total. The first-order valence-electron chi connectivity index (χ1n) is 5.73. The first-order chi connectivity index (χ1) is 9.00. The number of ether oxygens (including phenoxy) is 1. The highest BCUT2D eigenvalue weighted by Gasteiger charge is 2.32. The summed E-state index contributed by atoms with van der Waals surface area (Å²) >= 11 is 3.28. The number of amides is 2. The molecule has 4 N–H and O–H groups in total. The summed E-state index contributed by atoms with van der Waals surface area (Å²) in [6.07, 6.45) is 0. The monoisotopic (exact) mass is 327 g/mol. The average Bonchev–Trinajstić information content (AvgIpc) is 2.38. The van der Waals surface area contributed by atoms with E-state index in [0.717, 1.165) is 4.47 Å². The molecule has 1 heterocycles. The number of primary amides is 1. The second-order valence-electron chi connectivity index (χ2n) is 4.22. The van der Waals surface area contributed by atoms with E-state index < -0.39 is 11.9 Å². The number of nitrogen functional groups attached to an aromatic ring is 1. The molecule has 0 spiro atoms. The molecule has 1 fully saturated rings. The fourth-order valence-corrected chi connectivity index (χ4v) is 2.34. The SMILES string of the molecule is NC(=O)C1COCCN1C(=O)c1ccc(Br)cc1N. The molecule has 1 aliphatic heterocycles. The van der Waals surface area contributed by atoms with Gasteiger partial charge in [0.15, 0.2) is 0 Å². The number of benzene rings is 1. The van der Waals surface area contributed by atoms with Crippen LogP contribution in [-0.4, -0.2) is 42.5 Å². The van der Waals surface area contributed by atoms with Gasteiger partial charge >= 0.3 is 0 Å². The first-order valence-corrected chi connectivity index (χ1v) is 6.53. The Kier molecular flexibility index (Phi) is 4.06. The second kappa shape index (κ2) is 5.58. The molecule has 1 saturated heterocycles.